The van der Waals surface area contributed by atoms with Crippen molar-refractivity contribution in [1.82, 2.24) is 4.98 Å². The van der Waals surface area contributed by atoms with E-state index in [9.17, 15) is 5.11 Å². The van der Waals surface area contributed by atoms with Crippen LogP contribution in [0.25, 0.3) is 0 Å². The van der Waals surface area contributed by atoms with Crippen molar-refractivity contribution in [3.05, 3.63) is 58.3 Å². The third kappa shape index (κ3) is 3.55. The Hall–Kier alpha value is -1.39. The van der Waals surface area contributed by atoms with Gasteiger partial charge in [0.05, 0.1) is 11.8 Å². The molecule has 0 unspecified atom stereocenters. The smallest absolute Gasteiger partial charge is 0.130 e. The Morgan fingerprint density at radius 1 is 1.22 bits per heavy atom. The molecule has 0 radical (unpaired) electrons. The first kappa shape index (κ1) is 13.1. The molecule has 0 aliphatic heterocycles. The van der Waals surface area contributed by atoms with Gasteiger partial charge in [-0.1, -0.05) is 12.1 Å². The molecular weight excluding hydrogens is 294 g/mol. The van der Waals surface area contributed by atoms with Crippen LogP contribution in [-0.2, 0) is 6.61 Å². The fraction of sp³-hybridized carbons (Fsp3) is 0.214. The van der Waals surface area contributed by atoms with Gasteiger partial charge in [-0.3, -0.25) is 4.98 Å². The first-order valence-electron chi connectivity index (χ1n) is 5.66. The topological polar surface area (TPSA) is 42.4 Å². The highest BCUT2D eigenvalue weighted by Crippen LogP contribution is 2.18. The first-order chi connectivity index (χ1) is 8.65. The van der Waals surface area contributed by atoms with Gasteiger partial charge in [0.2, 0.25) is 0 Å². The number of hydrogen-bond acceptors (Lipinski definition) is 3. The third-order valence-corrected chi connectivity index (χ3v) is 3.01. The van der Waals surface area contributed by atoms with Crippen LogP contribution in [0.4, 0.5) is 0 Å². The zero-order valence-electron chi connectivity index (χ0n) is 10.0. The van der Waals surface area contributed by atoms with E-state index in [1.165, 1.54) is 0 Å². The molecule has 0 bridgehead atoms. The second-order valence-corrected chi connectivity index (χ2v) is 4.92. The van der Waals surface area contributed by atoms with E-state index in [-0.39, 0.29) is 0 Å². The summed E-state index contributed by atoms with van der Waals surface area (Å²) in [7, 11) is 0. The van der Waals surface area contributed by atoms with Gasteiger partial charge >= 0.3 is 0 Å². The lowest BCUT2D eigenvalue weighted by Crippen LogP contribution is -1.98. The highest BCUT2D eigenvalue weighted by Gasteiger charge is 2.01. The van der Waals surface area contributed by atoms with Crippen LogP contribution in [0, 0.1) is 0 Å². The van der Waals surface area contributed by atoms with Crippen LogP contribution in [0.2, 0.25) is 0 Å². The summed E-state index contributed by atoms with van der Waals surface area (Å²) >= 11 is 3.34. The van der Waals surface area contributed by atoms with Gasteiger partial charge in [-0.15, -0.1) is 0 Å². The monoisotopic (exact) mass is 307 g/mol. The van der Waals surface area contributed by atoms with Crippen molar-refractivity contribution in [3.8, 4) is 5.75 Å². The lowest BCUT2D eigenvalue weighted by molar-refractivity contribution is 0.199. The van der Waals surface area contributed by atoms with Crippen molar-refractivity contribution in [2.45, 2.75) is 19.6 Å². The molecule has 0 fully saturated rings. The number of aliphatic hydroxyl groups excluding tert-OH is 1. The summed E-state index contributed by atoms with van der Waals surface area (Å²) in [5, 5.41) is 9.39. The summed E-state index contributed by atoms with van der Waals surface area (Å²) in [5.41, 5.74) is 1.75. The van der Waals surface area contributed by atoms with Crippen molar-refractivity contribution in [3.63, 3.8) is 0 Å². The minimum absolute atomic E-state index is 0.432. The van der Waals surface area contributed by atoms with E-state index in [0.29, 0.717) is 6.61 Å². The van der Waals surface area contributed by atoms with Crippen LogP contribution in [0.5, 0.6) is 5.75 Å². The highest BCUT2D eigenvalue weighted by molar-refractivity contribution is 9.10. The summed E-state index contributed by atoms with van der Waals surface area (Å²) in [5.74, 6) is 0.768. The van der Waals surface area contributed by atoms with Crippen LogP contribution < -0.4 is 4.74 Å². The number of benzene rings is 1. The predicted octanol–water partition coefficient (Wildman–Crippen LogP) is 3.48. The van der Waals surface area contributed by atoms with E-state index >= 15 is 0 Å². The van der Waals surface area contributed by atoms with Crippen LogP contribution in [-0.4, -0.2) is 10.1 Å². The fourth-order valence-corrected chi connectivity index (χ4v) is 1.73. The molecular formula is C14H14BrNO2. The lowest BCUT2D eigenvalue weighted by Gasteiger charge is -2.08. The molecule has 94 valence electrons. The van der Waals surface area contributed by atoms with Crippen LogP contribution in [0.15, 0.2) is 47.1 Å². The molecule has 2 rings (SSSR count). The van der Waals surface area contributed by atoms with Crippen LogP contribution in [0.3, 0.4) is 0 Å². The molecule has 1 aromatic carbocycles. The van der Waals surface area contributed by atoms with Crippen molar-refractivity contribution in [2.24, 2.45) is 0 Å². The minimum atomic E-state index is -0.452. The molecule has 0 amide bonds. The lowest BCUT2D eigenvalue weighted by atomic mass is 10.1. The predicted molar refractivity (Wildman–Crippen MR) is 73.3 cm³/mol. The second kappa shape index (κ2) is 5.98. The Morgan fingerprint density at radius 3 is 2.50 bits per heavy atom. The number of nitrogens with zero attached hydrogens (tertiary/aromatic N) is 1. The van der Waals surface area contributed by atoms with Gasteiger partial charge in [-0.25, -0.2) is 0 Å². The number of ether oxygens (including phenoxy) is 1. The van der Waals surface area contributed by atoms with E-state index < -0.39 is 6.10 Å². The van der Waals surface area contributed by atoms with E-state index in [4.69, 9.17) is 4.74 Å². The van der Waals surface area contributed by atoms with E-state index in [1.54, 1.807) is 13.1 Å². The number of hydrogen-bond donors (Lipinski definition) is 1. The number of aliphatic hydroxyl groups is 1. The van der Waals surface area contributed by atoms with E-state index in [2.05, 4.69) is 20.9 Å². The summed E-state index contributed by atoms with van der Waals surface area (Å²) in [6.45, 7) is 2.17. The van der Waals surface area contributed by atoms with Gasteiger partial charge in [-0.2, -0.15) is 0 Å². The Kier molecular flexibility index (Phi) is 4.33. The highest BCUT2D eigenvalue weighted by atomic mass is 79.9. The summed E-state index contributed by atoms with van der Waals surface area (Å²) in [6, 6.07) is 11.3. The minimum Gasteiger partial charge on any atom is -0.487 e. The van der Waals surface area contributed by atoms with Crippen molar-refractivity contribution in [2.75, 3.05) is 0 Å². The molecule has 0 aliphatic rings. The maximum Gasteiger partial charge on any atom is 0.130 e. The average molecular weight is 308 g/mol. The molecule has 0 spiro atoms. The quantitative estimate of drug-likeness (QED) is 0.940. The summed E-state index contributed by atoms with van der Waals surface area (Å²) < 4.78 is 6.56. The largest absolute Gasteiger partial charge is 0.487 e. The molecule has 2 aromatic rings. The molecule has 0 saturated heterocycles. The zero-order chi connectivity index (χ0) is 13.0. The van der Waals surface area contributed by atoms with E-state index in [0.717, 1.165) is 21.5 Å². The van der Waals surface area contributed by atoms with Gasteiger partial charge in [0.25, 0.3) is 0 Å². The molecule has 4 heteroatoms. The van der Waals surface area contributed by atoms with Gasteiger partial charge in [0, 0.05) is 10.7 Å². The molecule has 0 saturated carbocycles. The van der Waals surface area contributed by atoms with Gasteiger partial charge in [0.15, 0.2) is 0 Å². The Balaban J connectivity index is 1.95. The van der Waals surface area contributed by atoms with Crippen molar-refractivity contribution >= 4 is 15.9 Å². The first-order valence-corrected chi connectivity index (χ1v) is 6.46. The van der Waals surface area contributed by atoms with Gasteiger partial charge in [-0.05, 0) is 52.7 Å². The summed E-state index contributed by atoms with van der Waals surface area (Å²) in [6.07, 6.45) is 1.29. The molecule has 1 N–H and O–H groups in total. The van der Waals surface area contributed by atoms with Gasteiger partial charge in [0.1, 0.15) is 12.4 Å². The number of pyridine rings is 1. The van der Waals surface area contributed by atoms with Gasteiger partial charge < -0.3 is 9.84 Å². The Morgan fingerprint density at radius 2 is 1.94 bits per heavy atom. The van der Waals surface area contributed by atoms with Crippen molar-refractivity contribution < 1.29 is 9.84 Å². The summed E-state index contributed by atoms with van der Waals surface area (Å²) in [4.78, 5) is 4.23. The van der Waals surface area contributed by atoms with Crippen LogP contribution >= 0.6 is 15.9 Å². The number of aromatic nitrogens is 1. The molecule has 1 atom stereocenters. The standard InChI is InChI=1S/C14H14BrNO2/c1-10(17)11-2-6-14(7-3-11)18-9-13-5-4-12(15)8-16-13/h2-8,10,17H,9H2,1H3/t10-/m0/s1. The maximum atomic E-state index is 9.39. The Labute approximate surface area is 115 Å². The van der Waals surface area contributed by atoms with E-state index in [1.807, 2.05) is 36.4 Å². The fourth-order valence-electron chi connectivity index (χ4n) is 1.49. The molecule has 3 nitrogen and oxygen atoms in total. The Bertz CT molecular complexity index is 494. The third-order valence-electron chi connectivity index (χ3n) is 2.54. The molecule has 18 heavy (non-hydrogen) atoms. The van der Waals surface area contributed by atoms with Crippen molar-refractivity contribution in [1.29, 1.82) is 0 Å². The normalized spacial score (nSPS) is 12.2. The molecule has 1 aromatic heterocycles. The average Bonchev–Trinajstić information content (AvgIpc) is 2.38. The van der Waals surface area contributed by atoms with Crippen LogP contribution in [0.1, 0.15) is 24.3 Å². The zero-order valence-corrected chi connectivity index (χ0v) is 11.6. The SMILES string of the molecule is C[C@H](O)c1ccc(OCc2ccc(Br)cn2)cc1. The maximum absolute atomic E-state index is 9.39. The second-order valence-electron chi connectivity index (χ2n) is 4.00. The molecule has 0 aliphatic carbocycles. The molecule has 1 heterocycles. The number of halogens is 1. The number of rotatable bonds is 4.